The molecule has 3 heterocycles. The van der Waals surface area contributed by atoms with Crippen molar-refractivity contribution in [1.82, 2.24) is 14.8 Å². The Balaban J connectivity index is 1.54. The van der Waals surface area contributed by atoms with E-state index in [-0.39, 0.29) is 17.9 Å². The summed E-state index contributed by atoms with van der Waals surface area (Å²) in [5, 5.41) is 3.87. The molecule has 1 N–H and O–H groups in total. The normalized spacial score (nSPS) is 21.7. The average molecular weight is 454 g/mol. The van der Waals surface area contributed by atoms with E-state index in [1.165, 1.54) is 6.42 Å². The standard InChI is InChI=1S/C25H28ClN3O3/c1-16-11-20-22(32-16)13-21-23(30)29(14-17-7-6-8-18(26)12-17)25(2,15-28(20)21)24(31)27-19-9-4-3-5-10-19/h6-8,11-13,19H,3-5,9-10,14-15H2,1-2H3,(H,27,31)/t25-/m1/s1. The van der Waals surface area contributed by atoms with Gasteiger partial charge in [0, 0.05) is 29.7 Å². The van der Waals surface area contributed by atoms with Crippen LogP contribution in [0.15, 0.2) is 40.8 Å². The first kappa shape index (κ1) is 21.1. The predicted octanol–water partition coefficient (Wildman–Crippen LogP) is 5.06. The average Bonchev–Trinajstić information content (AvgIpc) is 3.28. The Kier molecular flexibility index (Phi) is 5.28. The summed E-state index contributed by atoms with van der Waals surface area (Å²) in [5.74, 6) is 0.501. The predicted molar refractivity (Wildman–Crippen MR) is 124 cm³/mol. The minimum atomic E-state index is -1.04. The number of nitrogens with zero attached hydrogens (tertiary/aromatic N) is 2. The highest BCUT2D eigenvalue weighted by Gasteiger charge is 2.48. The van der Waals surface area contributed by atoms with Gasteiger partial charge in [-0.1, -0.05) is 43.0 Å². The van der Waals surface area contributed by atoms with Crippen molar-refractivity contribution in [2.24, 2.45) is 0 Å². The third-order valence-electron chi connectivity index (χ3n) is 6.90. The zero-order valence-electron chi connectivity index (χ0n) is 18.5. The number of fused-ring (bicyclic) bond motifs is 3. The first-order valence-electron chi connectivity index (χ1n) is 11.3. The Morgan fingerprint density at radius 2 is 2.00 bits per heavy atom. The van der Waals surface area contributed by atoms with E-state index in [0.29, 0.717) is 29.4 Å². The second-order valence-electron chi connectivity index (χ2n) is 9.33. The second kappa shape index (κ2) is 8.00. The van der Waals surface area contributed by atoms with Crippen LogP contribution in [0.2, 0.25) is 5.02 Å². The molecule has 1 aromatic carbocycles. The molecule has 1 fully saturated rings. The molecule has 6 nitrogen and oxygen atoms in total. The SMILES string of the molecule is Cc1cc2c(cc3n2C[C@](C)(C(=O)NC2CCCCC2)N(Cc2cccc(Cl)c2)C3=O)o1. The van der Waals surface area contributed by atoms with E-state index in [2.05, 4.69) is 5.32 Å². The Morgan fingerprint density at radius 1 is 1.22 bits per heavy atom. The monoisotopic (exact) mass is 453 g/mol. The maximum absolute atomic E-state index is 13.7. The van der Waals surface area contributed by atoms with E-state index in [1.54, 1.807) is 17.0 Å². The number of aryl methyl sites for hydroxylation is 1. The molecule has 0 radical (unpaired) electrons. The van der Waals surface area contributed by atoms with Crippen molar-refractivity contribution in [3.8, 4) is 0 Å². The summed E-state index contributed by atoms with van der Waals surface area (Å²) in [6, 6.07) is 11.3. The molecule has 7 heteroatoms. The Bertz CT molecular complexity index is 1190. The van der Waals surface area contributed by atoms with Crippen LogP contribution in [0, 0.1) is 6.92 Å². The summed E-state index contributed by atoms with van der Waals surface area (Å²) >= 11 is 6.20. The van der Waals surface area contributed by atoms with E-state index in [9.17, 15) is 9.59 Å². The number of carbonyl (C=O) groups is 2. The van der Waals surface area contributed by atoms with Crippen LogP contribution in [-0.4, -0.2) is 32.9 Å². The summed E-state index contributed by atoms with van der Waals surface area (Å²) in [7, 11) is 0. The van der Waals surface area contributed by atoms with Gasteiger partial charge in [-0.2, -0.15) is 0 Å². The van der Waals surface area contributed by atoms with Gasteiger partial charge in [0.1, 0.15) is 17.0 Å². The molecule has 0 unspecified atom stereocenters. The maximum atomic E-state index is 13.7. The first-order chi connectivity index (χ1) is 15.3. The van der Waals surface area contributed by atoms with Crippen LogP contribution in [0.25, 0.3) is 11.1 Å². The summed E-state index contributed by atoms with van der Waals surface area (Å²) in [5.41, 5.74) is 1.92. The van der Waals surface area contributed by atoms with Gasteiger partial charge in [0.25, 0.3) is 5.91 Å². The van der Waals surface area contributed by atoms with E-state index in [1.807, 2.05) is 42.7 Å². The number of hydrogen-bond acceptors (Lipinski definition) is 3. The summed E-state index contributed by atoms with van der Waals surface area (Å²) in [4.78, 5) is 29.1. The lowest BCUT2D eigenvalue weighted by Gasteiger charge is -2.44. The highest BCUT2D eigenvalue weighted by Crippen LogP contribution is 2.35. The lowest BCUT2D eigenvalue weighted by atomic mass is 9.91. The minimum Gasteiger partial charge on any atom is -0.460 e. The number of nitrogens with one attached hydrogen (secondary N) is 1. The molecule has 0 bridgehead atoms. The smallest absolute Gasteiger partial charge is 0.271 e. The molecule has 1 aliphatic carbocycles. The number of furan rings is 1. The molecule has 2 aromatic heterocycles. The number of carbonyl (C=O) groups excluding carboxylic acids is 2. The van der Waals surface area contributed by atoms with Crippen molar-refractivity contribution < 1.29 is 14.0 Å². The van der Waals surface area contributed by atoms with Gasteiger partial charge in [0.2, 0.25) is 5.91 Å². The second-order valence-corrected chi connectivity index (χ2v) is 9.76. The fourth-order valence-electron chi connectivity index (χ4n) is 5.11. The molecule has 168 valence electrons. The van der Waals surface area contributed by atoms with E-state index in [0.717, 1.165) is 42.5 Å². The number of aromatic nitrogens is 1. The number of amides is 2. The Labute approximate surface area is 192 Å². The van der Waals surface area contributed by atoms with E-state index >= 15 is 0 Å². The van der Waals surface area contributed by atoms with Crippen LogP contribution < -0.4 is 5.32 Å². The quantitative estimate of drug-likeness (QED) is 0.600. The molecule has 1 aliphatic heterocycles. The minimum absolute atomic E-state index is 0.104. The van der Waals surface area contributed by atoms with Crippen LogP contribution in [0.5, 0.6) is 0 Å². The molecular weight excluding hydrogens is 426 g/mol. The van der Waals surface area contributed by atoms with Crippen LogP contribution in [0.4, 0.5) is 0 Å². The fraction of sp³-hybridized carbons (Fsp3) is 0.440. The van der Waals surface area contributed by atoms with Gasteiger partial charge in [-0.05, 0) is 44.4 Å². The van der Waals surface area contributed by atoms with Crippen molar-refractivity contribution in [2.75, 3.05) is 0 Å². The Hall–Kier alpha value is -2.73. The van der Waals surface area contributed by atoms with Crippen molar-refractivity contribution >= 4 is 34.5 Å². The van der Waals surface area contributed by atoms with Crippen LogP contribution >= 0.6 is 11.6 Å². The molecule has 1 atom stereocenters. The number of hydrogen-bond donors (Lipinski definition) is 1. The van der Waals surface area contributed by atoms with E-state index in [4.69, 9.17) is 16.0 Å². The van der Waals surface area contributed by atoms with Gasteiger partial charge in [-0.3, -0.25) is 9.59 Å². The first-order valence-corrected chi connectivity index (χ1v) is 11.7. The Morgan fingerprint density at radius 3 is 2.75 bits per heavy atom. The lowest BCUT2D eigenvalue weighted by Crippen LogP contribution is -2.64. The van der Waals surface area contributed by atoms with Crippen molar-refractivity contribution in [3.05, 3.63) is 58.4 Å². The molecular formula is C25H28ClN3O3. The largest absolute Gasteiger partial charge is 0.460 e. The van der Waals surface area contributed by atoms with Gasteiger partial charge in [-0.25, -0.2) is 0 Å². The molecule has 0 saturated heterocycles. The van der Waals surface area contributed by atoms with Gasteiger partial charge < -0.3 is 19.2 Å². The van der Waals surface area contributed by atoms with Gasteiger partial charge in [0.15, 0.2) is 5.58 Å². The molecule has 5 rings (SSSR count). The third-order valence-corrected chi connectivity index (χ3v) is 7.13. The molecule has 32 heavy (non-hydrogen) atoms. The van der Waals surface area contributed by atoms with Gasteiger partial charge >= 0.3 is 0 Å². The van der Waals surface area contributed by atoms with Crippen molar-refractivity contribution in [1.29, 1.82) is 0 Å². The van der Waals surface area contributed by atoms with Crippen LogP contribution in [0.1, 0.15) is 60.8 Å². The molecule has 2 amide bonds. The highest BCUT2D eigenvalue weighted by molar-refractivity contribution is 6.30. The zero-order valence-corrected chi connectivity index (χ0v) is 19.2. The summed E-state index contributed by atoms with van der Waals surface area (Å²) < 4.78 is 7.71. The topological polar surface area (TPSA) is 67.5 Å². The number of benzene rings is 1. The van der Waals surface area contributed by atoms with E-state index < -0.39 is 5.54 Å². The summed E-state index contributed by atoms with van der Waals surface area (Å²) in [6.07, 6.45) is 5.45. The van der Waals surface area contributed by atoms with Crippen LogP contribution in [-0.2, 0) is 17.9 Å². The third kappa shape index (κ3) is 3.60. The molecule has 0 spiro atoms. The lowest BCUT2D eigenvalue weighted by molar-refractivity contribution is -0.134. The maximum Gasteiger partial charge on any atom is 0.271 e. The highest BCUT2D eigenvalue weighted by atomic mass is 35.5. The molecule has 1 saturated carbocycles. The van der Waals surface area contributed by atoms with Gasteiger partial charge in [0.05, 0.1) is 12.1 Å². The number of rotatable bonds is 4. The number of halogens is 1. The van der Waals surface area contributed by atoms with Crippen LogP contribution in [0.3, 0.4) is 0 Å². The molecule has 2 aliphatic rings. The fourth-order valence-corrected chi connectivity index (χ4v) is 5.33. The zero-order chi connectivity index (χ0) is 22.5. The molecule has 3 aromatic rings. The van der Waals surface area contributed by atoms with Crippen molar-refractivity contribution in [2.45, 2.75) is 70.6 Å². The summed E-state index contributed by atoms with van der Waals surface area (Å²) in [6.45, 7) is 4.43. The van der Waals surface area contributed by atoms with Gasteiger partial charge in [-0.15, -0.1) is 0 Å². The van der Waals surface area contributed by atoms with Crippen molar-refractivity contribution in [3.63, 3.8) is 0 Å².